The number of benzene rings is 2. The molecule has 0 atom stereocenters. The Morgan fingerprint density at radius 2 is 1.81 bits per heavy atom. The molecule has 3 rings (SSSR count). The molecule has 0 saturated carbocycles. The predicted molar refractivity (Wildman–Crippen MR) is 111 cm³/mol. The van der Waals surface area contributed by atoms with Gasteiger partial charge in [0.1, 0.15) is 0 Å². The van der Waals surface area contributed by atoms with E-state index in [1.165, 1.54) is 16.5 Å². The van der Waals surface area contributed by atoms with Crippen LogP contribution in [0.15, 0.2) is 42.5 Å². The second kappa shape index (κ2) is 8.10. The number of halogens is 3. The lowest BCUT2D eigenvalue weighted by atomic mass is 10.2. The lowest BCUT2D eigenvalue weighted by Gasteiger charge is -2.18. The molecule has 1 heterocycles. The largest absolute Gasteiger partial charge is 0.321 e. The first-order valence-electron chi connectivity index (χ1n) is 8.00. The van der Waals surface area contributed by atoms with Gasteiger partial charge in [-0.3, -0.25) is 9.10 Å². The molecular formula is C18H15Cl3N2O3S. The summed E-state index contributed by atoms with van der Waals surface area (Å²) in [5.41, 5.74) is 1.39. The van der Waals surface area contributed by atoms with Crippen molar-refractivity contribution in [1.82, 2.24) is 0 Å². The van der Waals surface area contributed by atoms with Crippen LogP contribution in [0.3, 0.4) is 0 Å². The van der Waals surface area contributed by atoms with Crippen molar-refractivity contribution < 1.29 is 13.2 Å². The number of hydrogen-bond donors (Lipinski definition) is 1. The van der Waals surface area contributed by atoms with Gasteiger partial charge in [0.15, 0.2) is 0 Å². The lowest BCUT2D eigenvalue weighted by molar-refractivity contribution is -0.111. The Bertz CT molecular complexity index is 1020. The summed E-state index contributed by atoms with van der Waals surface area (Å²) in [6, 6.07) is 9.64. The highest BCUT2D eigenvalue weighted by Crippen LogP contribution is 2.31. The van der Waals surface area contributed by atoms with Crippen molar-refractivity contribution in [2.45, 2.75) is 6.42 Å². The molecule has 0 spiro atoms. The van der Waals surface area contributed by atoms with Crippen LogP contribution in [-0.4, -0.2) is 26.6 Å². The van der Waals surface area contributed by atoms with Crippen molar-refractivity contribution in [2.24, 2.45) is 0 Å². The van der Waals surface area contributed by atoms with Gasteiger partial charge in [-0.05, 0) is 54.5 Å². The van der Waals surface area contributed by atoms with E-state index in [9.17, 15) is 13.2 Å². The molecule has 1 amide bonds. The molecule has 5 nitrogen and oxygen atoms in total. The molecule has 1 aliphatic rings. The Hall–Kier alpha value is -1.73. The average molecular weight is 446 g/mol. The summed E-state index contributed by atoms with van der Waals surface area (Å²) in [6.07, 6.45) is 3.40. The Morgan fingerprint density at radius 1 is 1.07 bits per heavy atom. The van der Waals surface area contributed by atoms with Gasteiger partial charge in [0.05, 0.1) is 22.2 Å². The van der Waals surface area contributed by atoms with Gasteiger partial charge in [0.25, 0.3) is 0 Å². The summed E-state index contributed by atoms with van der Waals surface area (Å²) in [5, 5.41) is 3.92. The zero-order valence-corrected chi connectivity index (χ0v) is 17.0. The van der Waals surface area contributed by atoms with Crippen LogP contribution < -0.4 is 9.62 Å². The maximum Gasteiger partial charge on any atom is 0.248 e. The maximum atomic E-state index is 12.2. The van der Waals surface area contributed by atoms with Crippen LogP contribution in [0.4, 0.5) is 11.4 Å². The summed E-state index contributed by atoms with van der Waals surface area (Å²) in [5.74, 6) is -0.324. The first-order valence-corrected chi connectivity index (χ1v) is 10.7. The molecule has 0 unspecified atom stereocenters. The van der Waals surface area contributed by atoms with Crippen LogP contribution in [0.2, 0.25) is 15.1 Å². The summed E-state index contributed by atoms with van der Waals surface area (Å²) in [6.45, 7) is 0.407. The molecule has 1 N–H and O–H groups in total. The molecule has 0 bridgehead atoms. The van der Waals surface area contributed by atoms with Crippen molar-refractivity contribution in [3.05, 3.63) is 63.1 Å². The number of carbonyl (C=O) groups is 1. The third-order valence-electron chi connectivity index (χ3n) is 3.97. The van der Waals surface area contributed by atoms with Gasteiger partial charge in [-0.1, -0.05) is 34.8 Å². The van der Waals surface area contributed by atoms with E-state index in [1.807, 2.05) is 0 Å². The molecule has 27 heavy (non-hydrogen) atoms. The molecule has 1 fully saturated rings. The Labute approximate surface area is 172 Å². The molecule has 1 saturated heterocycles. The minimum atomic E-state index is -3.32. The number of carbonyl (C=O) groups excluding carboxylic acids is 1. The number of anilines is 2. The Kier molecular flexibility index (Phi) is 6.01. The molecule has 1 aliphatic heterocycles. The van der Waals surface area contributed by atoms with Crippen molar-refractivity contribution >= 4 is 68.2 Å². The molecule has 0 aliphatic carbocycles. The van der Waals surface area contributed by atoms with E-state index in [2.05, 4.69) is 5.32 Å². The second-order valence-electron chi connectivity index (χ2n) is 5.89. The summed E-state index contributed by atoms with van der Waals surface area (Å²) >= 11 is 18.1. The van der Waals surface area contributed by atoms with Gasteiger partial charge in [-0.15, -0.1) is 0 Å². The van der Waals surface area contributed by atoms with Crippen molar-refractivity contribution in [2.75, 3.05) is 21.9 Å². The van der Waals surface area contributed by atoms with Crippen molar-refractivity contribution in [3.63, 3.8) is 0 Å². The topological polar surface area (TPSA) is 66.5 Å². The summed E-state index contributed by atoms with van der Waals surface area (Å²) in [7, 11) is -3.32. The second-order valence-corrected chi connectivity index (χ2v) is 9.16. The Balaban J connectivity index is 1.79. The monoisotopic (exact) mass is 444 g/mol. The Morgan fingerprint density at radius 3 is 2.52 bits per heavy atom. The molecular weight excluding hydrogens is 431 g/mol. The smallest absolute Gasteiger partial charge is 0.248 e. The third-order valence-corrected chi connectivity index (χ3v) is 6.75. The van der Waals surface area contributed by atoms with Crippen molar-refractivity contribution in [1.29, 1.82) is 0 Å². The van der Waals surface area contributed by atoms with Gasteiger partial charge in [-0.2, -0.15) is 0 Å². The number of hydrogen-bond acceptors (Lipinski definition) is 3. The van der Waals surface area contributed by atoms with Crippen LogP contribution in [0, 0.1) is 0 Å². The quantitative estimate of drug-likeness (QED) is 0.685. The number of sulfonamides is 1. The fraction of sp³-hybridized carbons (Fsp3) is 0.167. The molecule has 2 aromatic carbocycles. The zero-order chi connectivity index (χ0) is 19.6. The standard InChI is InChI=1S/C18H15Cl3N2O3S/c19-13-3-5-15(20)12(10-13)2-7-18(24)22-17-11-14(4-6-16(17)21)23-8-1-9-27(23,25)26/h2-7,10-11H,1,8-9H2,(H,22,24)/b7-2+. The van der Waals surface area contributed by atoms with Crippen LogP contribution >= 0.6 is 34.8 Å². The molecule has 0 aromatic heterocycles. The van der Waals surface area contributed by atoms with E-state index in [0.29, 0.717) is 45.0 Å². The van der Waals surface area contributed by atoms with Crippen LogP contribution in [-0.2, 0) is 14.8 Å². The lowest BCUT2D eigenvalue weighted by Crippen LogP contribution is -2.25. The van der Waals surface area contributed by atoms with E-state index in [0.717, 1.165) is 0 Å². The molecule has 2 aromatic rings. The fourth-order valence-electron chi connectivity index (χ4n) is 2.68. The van der Waals surface area contributed by atoms with Crippen molar-refractivity contribution in [3.8, 4) is 0 Å². The normalized spacial score (nSPS) is 16.0. The summed E-state index contributed by atoms with van der Waals surface area (Å²) < 4.78 is 25.5. The van der Waals surface area contributed by atoms with Crippen LogP contribution in [0.1, 0.15) is 12.0 Å². The van der Waals surface area contributed by atoms with E-state index in [4.69, 9.17) is 34.8 Å². The van der Waals surface area contributed by atoms with Gasteiger partial charge in [0, 0.05) is 22.7 Å². The van der Waals surface area contributed by atoms with E-state index >= 15 is 0 Å². The predicted octanol–water partition coefficient (Wildman–Crippen LogP) is 4.84. The van der Waals surface area contributed by atoms with Gasteiger partial charge >= 0.3 is 0 Å². The SMILES string of the molecule is O=C(/C=C/c1cc(Cl)ccc1Cl)Nc1cc(N2CCCS2(=O)=O)ccc1Cl. The average Bonchev–Trinajstić information content (AvgIpc) is 2.97. The van der Waals surface area contributed by atoms with Crippen LogP contribution in [0.5, 0.6) is 0 Å². The first-order chi connectivity index (χ1) is 12.8. The summed E-state index contributed by atoms with van der Waals surface area (Å²) in [4.78, 5) is 12.2. The molecule has 142 valence electrons. The minimum absolute atomic E-state index is 0.112. The number of rotatable bonds is 4. The highest BCUT2D eigenvalue weighted by molar-refractivity contribution is 7.93. The minimum Gasteiger partial charge on any atom is -0.321 e. The highest BCUT2D eigenvalue weighted by Gasteiger charge is 2.28. The highest BCUT2D eigenvalue weighted by atomic mass is 35.5. The van der Waals surface area contributed by atoms with Gasteiger partial charge in [0.2, 0.25) is 15.9 Å². The fourth-order valence-corrected chi connectivity index (χ4v) is 4.76. The third kappa shape index (κ3) is 4.76. The van der Waals surface area contributed by atoms with Gasteiger partial charge in [-0.25, -0.2) is 8.42 Å². The maximum absolute atomic E-state index is 12.2. The number of nitrogens with zero attached hydrogens (tertiary/aromatic N) is 1. The molecule has 0 radical (unpaired) electrons. The molecule has 9 heteroatoms. The van der Waals surface area contributed by atoms with E-state index < -0.39 is 15.9 Å². The number of amides is 1. The first kappa shape index (κ1) is 20.0. The number of nitrogens with one attached hydrogen (secondary N) is 1. The van der Waals surface area contributed by atoms with Gasteiger partial charge < -0.3 is 5.32 Å². The zero-order valence-electron chi connectivity index (χ0n) is 14.0. The van der Waals surface area contributed by atoms with E-state index in [-0.39, 0.29) is 5.75 Å². The van der Waals surface area contributed by atoms with E-state index in [1.54, 1.807) is 36.4 Å². The van der Waals surface area contributed by atoms with Crippen LogP contribution in [0.25, 0.3) is 6.08 Å².